The molecule has 74 valence electrons. The summed E-state index contributed by atoms with van der Waals surface area (Å²) in [4.78, 5) is 0. The van der Waals surface area contributed by atoms with Crippen LogP contribution in [0.3, 0.4) is 0 Å². The van der Waals surface area contributed by atoms with E-state index in [1.807, 2.05) is 6.08 Å². The van der Waals surface area contributed by atoms with Gasteiger partial charge < -0.3 is 17.0 Å². The van der Waals surface area contributed by atoms with Gasteiger partial charge in [0.05, 0.1) is 0 Å². The van der Waals surface area contributed by atoms with Crippen molar-refractivity contribution in [1.82, 2.24) is 0 Å². The fourth-order valence-electron chi connectivity index (χ4n) is 1.61. The molecule has 0 aromatic heterocycles. The van der Waals surface area contributed by atoms with Crippen LogP contribution in [0.1, 0.15) is 12.0 Å². The molecule has 0 radical (unpaired) electrons. The summed E-state index contributed by atoms with van der Waals surface area (Å²) < 4.78 is 0. The zero-order chi connectivity index (χ0) is 8.93. The zero-order valence-corrected chi connectivity index (χ0v) is 11.7. The Labute approximate surface area is 118 Å². The fraction of sp³-hybridized carbons (Fsp3) is 0.231. The molecule has 0 heterocycles. The van der Waals surface area contributed by atoms with Crippen molar-refractivity contribution in [3.63, 3.8) is 0 Å². The number of halogens is 1. The van der Waals surface area contributed by atoms with Crippen LogP contribution in [0.2, 0.25) is 0 Å². The van der Waals surface area contributed by atoms with Crippen molar-refractivity contribution >= 4 is 23.1 Å². The molecule has 0 N–H and O–H groups in total. The first-order chi connectivity index (χ1) is 6.45. The Hall–Kier alpha value is -0.0538. The largest absolute Gasteiger partial charge is 2.00 e. The van der Waals surface area contributed by atoms with Crippen LogP contribution in [0, 0.1) is 12.0 Å². The van der Waals surface area contributed by atoms with Crippen LogP contribution in [-0.4, -0.2) is 23.1 Å². The number of allylic oxidation sites excluding steroid dienone is 4. The van der Waals surface area contributed by atoms with E-state index in [1.54, 1.807) is 0 Å². The molecule has 2 rings (SSSR count). The normalized spacial score (nSPS) is 17.7. The summed E-state index contributed by atoms with van der Waals surface area (Å²) >= 11 is 0. The van der Waals surface area contributed by atoms with Crippen molar-refractivity contribution in [2.45, 2.75) is 12.8 Å². The molecule has 1 aromatic carbocycles. The summed E-state index contributed by atoms with van der Waals surface area (Å²) in [6.45, 7) is 0. The predicted molar refractivity (Wildman–Crippen MR) is 61.0 cm³/mol. The molecule has 0 bridgehead atoms. The zero-order valence-electron chi connectivity index (χ0n) is 8.70. The molecule has 1 aromatic rings. The predicted octanol–water partition coefficient (Wildman–Crippen LogP) is -0.212. The van der Waals surface area contributed by atoms with Gasteiger partial charge in [-0.15, -0.1) is 0 Å². The molecule has 0 saturated heterocycles. The minimum Gasteiger partial charge on any atom is -1.00 e. The molecule has 2 heteroatoms. The monoisotopic (exact) mass is 272 g/mol. The first-order valence-electron chi connectivity index (χ1n) is 4.73. The van der Waals surface area contributed by atoms with E-state index >= 15 is 0 Å². The third-order valence-corrected chi connectivity index (χ3v) is 2.31. The maximum Gasteiger partial charge on any atom is 2.00 e. The second-order valence-corrected chi connectivity index (χ2v) is 3.38. The Bertz CT molecular complexity index is 317. The van der Waals surface area contributed by atoms with E-state index in [-0.39, 0.29) is 40.0 Å². The molecule has 0 nitrogen and oxygen atoms in total. The van der Waals surface area contributed by atoms with Gasteiger partial charge in [0.1, 0.15) is 0 Å². The van der Waals surface area contributed by atoms with Gasteiger partial charge in [-0.25, -0.2) is 12.2 Å². The van der Waals surface area contributed by atoms with Crippen molar-refractivity contribution in [3.8, 4) is 0 Å². The number of hydrogen-bond donors (Lipinski definition) is 0. The maximum absolute atomic E-state index is 3.36. The summed E-state index contributed by atoms with van der Waals surface area (Å²) in [5.74, 6) is 0.576. The van der Waals surface area contributed by atoms with E-state index in [9.17, 15) is 0 Å². The Balaban J connectivity index is 0.000000980. The van der Waals surface area contributed by atoms with Crippen molar-refractivity contribution in [2.75, 3.05) is 0 Å². The molecular formula is C13H13BrMg. The van der Waals surface area contributed by atoms with Gasteiger partial charge in [0.15, 0.2) is 0 Å². The van der Waals surface area contributed by atoms with Gasteiger partial charge in [0.2, 0.25) is 0 Å². The molecule has 0 saturated carbocycles. The van der Waals surface area contributed by atoms with Crippen LogP contribution in [0.4, 0.5) is 0 Å². The first-order valence-corrected chi connectivity index (χ1v) is 4.73. The summed E-state index contributed by atoms with van der Waals surface area (Å²) in [5.41, 5.74) is 1.41. The molecule has 0 amide bonds. The maximum atomic E-state index is 3.36. The van der Waals surface area contributed by atoms with E-state index in [0.29, 0.717) is 5.92 Å². The topological polar surface area (TPSA) is 0 Å². The quantitative estimate of drug-likeness (QED) is 0.517. The summed E-state index contributed by atoms with van der Waals surface area (Å²) in [7, 11) is 0. The van der Waals surface area contributed by atoms with Crippen LogP contribution in [0.5, 0.6) is 0 Å². The Morgan fingerprint density at radius 2 is 1.93 bits per heavy atom. The van der Waals surface area contributed by atoms with Gasteiger partial charge >= 0.3 is 23.1 Å². The van der Waals surface area contributed by atoms with Crippen LogP contribution in [0.25, 0.3) is 0 Å². The van der Waals surface area contributed by atoms with Gasteiger partial charge in [-0.2, -0.15) is 6.08 Å². The van der Waals surface area contributed by atoms with Crippen molar-refractivity contribution in [3.05, 3.63) is 60.2 Å². The summed E-state index contributed by atoms with van der Waals surface area (Å²) in [5, 5.41) is 0. The minimum atomic E-state index is 0. The Morgan fingerprint density at radius 3 is 2.53 bits per heavy atom. The smallest absolute Gasteiger partial charge is 1.00 e. The minimum absolute atomic E-state index is 0. The van der Waals surface area contributed by atoms with Gasteiger partial charge in [0.25, 0.3) is 0 Å². The van der Waals surface area contributed by atoms with Crippen LogP contribution >= 0.6 is 0 Å². The van der Waals surface area contributed by atoms with Gasteiger partial charge in [-0.3, -0.25) is 6.08 Å². The van der Waals surface area contributed by atoms with E-state index < -0.39 is 0 Å². The molecule has 1 unspecified atom stereocenters. The van der Waals surface area contributed by atoms with Crippen LogP contribution in [0.15, 0.2) is 48.6 Å². The van der Waals surface area contributed by atoms with Crippen molar-refractivity contribution < 1.29 is 17.0 Å². The standard InChI is InChI=1S/C13H13.BrH.Mg/c1-3-7-12(8-4-1)11-13-9-5-2-6-10-13;;/h1-8,13H,9,11H2;1H;/q-1;;+2/p-1. The van der Waals surface area contributed by atoms with E-state index in [4.69, 9.17) is 0 Å². The molecule has 0 aliphatic heterocycles. The molecule has 0 spiro atoms. The number of benzene rings is 1. The van der Waals surface area contributed by atoms with E-state index in [1.165, 1.54) is 5.56 Å². The average molecular weight is 273 g/mol. The third kappa shape index (κ3) is 5.00. The molecular weight excluding hydrogens is 260 g/mol. The van der Waals surface area contributed by atoms with Crippen molar-refractivity contribution in [2.24, 2.45) is 5.92 Å². The second kappa shape index (κ2) is 8.14. The molecule has 1 aliphatic carbocycles. The number of hydrogen-bond acceptors (Lipinski definition) is 0. The third-order valence-electron chi connectivity index (χ3n) is 2.31. The first kappa shape index (κ1) is 14.9. The van der Waals surface area contributed by atoms with E-state index in [2.05, 4.69) is 48.6 Å². The fourth-order valence-corrected chi connectivity index (χ4v) is 1.61. The molecule has 1 atom stereocenters. The summed E-state index contributed by atoms with van der Waals surface area (Å²) in [6, 6.07) is 10.6. The molecule has 15 heavy (non-hydrogen) atoms. The molecule has 1 aliphatic rings. The van der Waals surface area contributed by atoms with Crippen LogP contribution < -0.4 is 17.0 Å². The second-order valence-electron chi connectivity index (χ2n) is 3.38. The number of rotatable bonds is 2. The summed E-state index contributed by atoms with van der Waals surface area (Å²) in [6.07, 6.45) is 11.9. The van der Waals surface area contributed by atoms with Crippen LogP contribution in [-0.2, 0) is 6.42 Å². The molecule has 0 fully saturated rings. The van der Waals surface area contributed by atoms with Gasteiger partial charge in [-0.1, -0.05) is 42.7 Å². The SMILES string of the molecule is [Br-].[C-]1=CC=CCC1Cc1ccccc1.[Mg+2]. The van der Waals surface area contributed by atoms with Gasteiger partial charge in [-0.05, 0) is 12.0 Å². The van der Waals surface area contributed by atoms with Gasteiger partial charge in [0, 0.05) is 0 Å². The Kier molecular flexibility index (Phi) is 8.11. The van der Waals surface area contributed by atoms with Crippen molar-refractivity contribution in [1.29, 1.82) is 0 Å². The average Bonchev–Trinajstić information content (AvgIpc) is 2.21. The Morgan fingerprint density at radius 1 is 1.20 bits per heavy atom. The van der Waals surface area contributed by atoms with E-state index in [0.717, 1.165) is 12.8 Å².